The summed E-state index contributed by atoms with van der Waals surface area (Å²) in [6.45, 7) is 27.8. The molecule has 13 rings (SSSR count). The van der Waals surface area contributed by atoms with Crippen LogP contribution in [0.2, 0.25) is 0 Å². The van der Waals surface area contributed by atoms with Crippen LogP contribution in [-0.2, 0) is 42.7 Å². The van der Waals surface area contributed by atoms with Crippen LogP contribution in [0.4, 0.5) is 0 Å². The van der Waals surface area contributed by atoms with Gasteiger partial charge in [-0.1, -0.05) is 240 Å². The molecular formula is C83H76N4OPt-2. The van der Waals surface area contributed by atoms with E-state index in [0.29, 0.717) is 39.5 Å². The van der Waals surface area contributed by atoms with E-state index in [4.69, 9.17) is 17.9 Å². The normalized spacial score (nSPS) is 14.3. The Balaban J connectivity index is 0.00000982. The van der Waals surface area contributed by atoms with Gasteiger partial charge in [-0.2, -0.15) is 18.2 Å². The number of aryl methyl sites for hydroxylation is 1. The number of pyridine rings is 1. The van der Waals surface area contributed by atoms with Gasteiger partial charge < -0.3 is 13.9 Å². The second-order valence-corrected chi connectivity index (χ2v) is 26.9. The summed E-state index contributed by atoms with van der Waals surface area (Å²) in [5, 5.41) is 1.99. The molecule has 89 heavy (non-hydrogen) atoms. The number of hydrogen-bond donors (Lipinski definition) is 0. The van der Waals surface area contributed by atoms with Gasteiger partial charge in [-0.05, 0) is 160 Å². The fraction of sp³-hybridized carbons (Fsp3) is 0.205. The van der Waals surface area contributed by atoms with E-state index in [1.54, 1.807) is 0 Å². The minimum absolute atomic E-state index is 0. The van der Waals surface area contributed by atoms with Crippen molar-refractivity contribution < 1.29 is 48.2 Å². The molecule has 3 heterocycles. The van der Waals surface area contributed by atoms with Crippen molar-refractivity contribution in [2.24, 2.45) is 0 Å². The van der Waals surface area contributed by atoms with E-state index in [9.17, 15) is 9.60 Å². The van der Waals surface area contributed by atoms with Gasteiger partial charge in [0, 0.05) is 44.3 Å². The molecule has 0 atom stereocenters. The molecule has 3 aromatic heterocycles. The maximum atomic E-state index is 10.6. The van der Waals surface area contributed by atoms with Crippen molar-refractivity contribution in [2.75, 3.05) is 0 Å². The second-order valence-electron chi connectivity index (χ2n) is 26.9. The minimum Gasteiger partial charge on any atom is -0.510 e. The van der Waals surface area contributed by atoms with Crippen LogP contribution in [0, 0.1) is 25.4 Å². The van der Waals surface area contributed by atoms with Crippen LogP contribution in [0.3, 0.4) is 0 Å². The fourth-order valence-corrected chi connectivity index (χ4v) is 11.4. The largest absolute Gasteiger partial charge is 0.510 e. The average molecular weight is 1350 g/mol. The first-order valence-corrected chi connectivity index (χ1v) is 29.8. The summed E-state index contributed by atoms with van der Waals surface area (Å²) >= 11 is 0. The number of aromatic nitrogens is 4. The maximum Gasteiger partial charge on any atom is 0.268 e. The molecule has 0 N–H and O–H groups in total. The zero-order valence-corrected chi connectivity index (χ0v) is 54.6. The standard InChI is InChI=1S/C83H76N4O.Pt/c1-54-24-22-29-58(40-54)72-48-66(83(11,12)13)49-73(62-42-59(55-25-16-14-17-26-55)41-60(43-62)56-27-18-15-19-28-56)79(72)86-53-85(77-46-57(34-37-75(77)86)61-44-64(81(5,6)7)47-65(45-61)82(8,9)10)67-30-23-31-68(51-67)88-69-35-36-71-70-32-20-21-33-74(70)87(76(71)52-69)78-50-63(38-39-84-78)80(2,3)4;/h14-50H,1-13H3;/q-2;/i14D,15D,16D,17D,18D,19D,25D,26D,27D,28D,41D,42D,43D;. The summed E-state index contributed by atoms with van der Waals surface area (Å²) in [5.41, 5.74) is 8.63. The summed E-state index contributed by atoms with van der Waals surface area (Å²) < 4.78 is 134. The first kappa shape index (κ1) is 46.3. The van der Waals surface area contributed by atoms with Gasteiger partial charge in [-0.25, -0.2) is 4.98 Å². The summed E-state index contributed by atoms with van der Waals surface area (Å²) in [4.78, 5) is 4.89. The number of para-hydroxylation sites is 1. The molecule has 0 aliphatic rings. The Morgan fingerprint density at radius 1 is 0.461 bits per heavy atom. The molecule has 0 spiro atoms. The summed E-state index contributed by atoms with van der Waals surface area (Å²) in [5.74, 6) is 1.51. The number of hydrogen-bond acceptors (Lipinski definition) is 2. The molecule has 446 valence electrons. The van der Waals surface area contributed by atoms with Gasteiger partial charge >= 0.3 is 0 Å². The molecule has 0 bridgehead atoms. The maximum absolute atomic E-state index is 10.6. The van der Waals surface area contributed by atoms with Gasteiger partial charge in [0.25, 0.3) is 6.33 Å². The van der Waals surface area contributed by atoms with Gasteiger partial charge in [0.05, 0.1) is 34.5 Å². The molecule has 0 unspecified atom stereocenters. The first-order chi connectivity index (χ1) is 47.4. The SMILES string of the molecule is [2H]c1c([2H])c([2H])c(-c2c([2H])c(-c3cc(C(C)(C)C)cc(-c4cccc(C)c4)c3-[n+]3[c-]n(-c4[c-]c(Oc5[c-]c6c(cc5)c5ccccc5n6-c5cc(C(C)(C)C)ccn5)ccc4)c4cc(-c5cc(C(C)(C)C)cc(C(C)(C)C)c5)ccc43)c([2H])c(-c3c([2H])c([2H])c([2H])c([2H])c3[2H])c2[2H])c([2H])c1[2H].[Pt]. The third-order valence-electron chi connectivity index (χ3n) is 16.3. The molecule has 0 amide bonds. The predicted octanol–water partition coefficient (Wildman–Crippen LogP) is 21.4. The van der Waals surface area contributed by atoms with Gasteiger partial charge in [0.1, 0.15) is 5.82 Å². The zero-order chi connectivity index (χ0) is 72.8. The van der Waals surface area contributed by atoms with Crippen molar-refractivity contribution in [3.8, 4) is 84.3 Å². The third-order valence-corrected chi connectivity index (χ3v) is 16.3. The van der Waals surface area contributed by atoms with E-state index in [1.165, 1.54) is 0 Å². The number of fused-ring (bicyclic) bond motifs is 4. The van der Waals surface area contributed by atoms with Gasteiger partial charge in [-0.3, -0.25) is 4.57 Å². The van der Waals surface area contributed by atoms with Crippen molar-refractivity contribution in [3.05, 3.63) is 271 Å². The molecule has 13 aromatic rings. The number of ether oxygens (including phenoxy) is 1. The van der Waals surface area contributed by atoms with E-state index in [1.807, 2.05) is 128 Å². The topological polar surface area (TPSA) is 35.9 Å². The Morgan fingerprint density at radius 3 is 1.70 bits per heavy atom. The number of benzene rings is 10. The van der Waals surface area contributed by atoms with E-state index in [-0.39, 0.29) is 48.4 Å². The summed E-state index contributed by atoms with van der Waals surface area (Å²) in [6.07, 6.45) is 5.61. The van der Waals surface area contributed by atoms with Crippen LogP contribution >= 0.6 is 0 Å². The van der Waals surface area contributed by atoms with Crippen molar-refractivity contribution in [1.82, 2.24) is 14.1 Å². The molecule has 5 nitrogen and oxygen atoms in total. The van der Waals surface area contributed by atoms with Crippen LogP contribution < -0.4 is 9.30 Å². The first-order valence-electron chi connectivity index (χ1n) is 36.3. The Hall–Kier alpha value is -8.89. The van der Waals surface area contributed by atoms with Crippen LogP contribution in [0.5, 0.6) is 11.5 Å². The molecule has 0 radical (unpaired) electrons. The summed E-state index contributed by atoms with van der Waals surface area (Å²) in [7, 11) is 0. The number of nitrogens with zero attached hydrogens (tertiary/aromatic N) is 4. The molecule has 0 saturated carbocycles. The summed E-state index contributed by atoms with van der Waals surface area (Å²) in [6, 6.07) is 44.4. The van der Waals surface area contributed by atoms with Crippen molar-refractivity contribution in [3.63, 3.8) is 0 Å². The van der Waals surface area contributed by atoms with Crippen LogP contribution in [0.1, 0.15) is 129 Å². The van der Waals surface area contributed by atoms with E-state index >= 15 is 0 Å². The second kappa shape index (κ2) is 23.2. The van der Waals surface area contributed by atoms with Crippen LogP contribution in [0.15, 0.2) is 224 Å². The van der Waals surface area contributed by atoms with E-state index in [0.717, 1.165) is 72.1 Å². The van der Waals surface area contributed by atoms with Gasteiger partial charge in [0.2, 0.25) is 0 Å². The molecular weight excluding hydrogens is 1260 g/mol. The average Bonchev–Trinajstić information content (AvgIpc) is 0.839. The predicted molar refractivity (Wildman–Crippen MR) is 367 cm³/mol. The zero-order valence-electron chi connectivity index (χ0n) is 65.4. The molecule has 6 heteroatoms. The monoisotopic (exact) mass is 1350 g/mol. The molecule has 0 aliphatic carbocycles. The Morgan fingerprint density at radius 2 is 1.06 bits per heavy atom. The van der Waals surface area contributed by atoms with Crippen molar-refractivity contribution in [1.29, 1.82) is 0 Å². The van der Waals surface area contributed by atoms with Crippen LogP contribution in [0.25, 0.3) is 106 Å². The smallest absolute Gasteiger partial charge is 0.268 e. The molecule has 0 aliphatic heterocycles. The van der Waals surface area contributed by atoms with E-state index < -0.39 is 106 Å². The third kappa shape index (κ3) is 12.0. The number of imidazole rings is 1. The quantitative estimate of drug-likeness (QED) is 0.101. The Bertz CT molecular complexity index is 5440. The van der Waals surface area contributed by atoms with Crippen LogP contribution in [-0.4, -0.2) is 14.1 Å². The minimum atomic E-state index is -0.750. The van der Waals surface area contributed by atoms with Gasteiger partial charge in [-0.15, -0.1) is 29.7 Å². The fourth-order valence-electron chi connectivity index (χ4n) is 11.4. The molecule has 0 saturated heterocycles. The molecule has 10 aromatic carbocycles. The van der Waals surface area contributed by atoms with Crippen molar-refractivity contribution in [2.45, 2.75) is 112 Å². The number of rotatable bonds is 10. The Kier molecular flexibility index (Phi) is 12.1. The molecule has 0 fully saturated rings. The Labute approximate surface area is 558 Å². The van der Waals surface area contributed by atoms with E-state index in [2.05, 4.69) is 140 Å². The van der Waals surface area contributed by atoms with Crippen molar-refractivity contribution >= 4 is 32.8 Å². The van der Waals surface area contributed by atoms with Gasteiger partial charge in [0.15, 0.2) is 0 Å².